The summed E-state index contributed by atoms with van der Waals surface area (Å²) in [4.78, 5) is 23.8. The zero-order chi connectivity index (χ0) is 17.4. The third kappa shape index (κ3) is 5.07. The minimum absolute atomic E-state index is 0.157. The van der Waals surface area contributed by atoms with E-state index in [1.54, 1.807) is 4.57 Å². The summed E-state index contributed by atoms with van der Waals surface area (Å²) in [5, 5.41) is 21.9. The van der Waals surface area contributed by atoms with Crippen LogP contribution < -0.4 is 11.1 Å². The lowest BCUT2D eigenvalue weighted by atomic mass is 10.4. The highest BCUT2D eigenvalue weighted by Gasteiger charge is 2.16. The Kier molecular flexibility index (Phi) is 6.77. The summed E-state index contributed by atoms with van der Waals surface area (Å²) in [6, 6.07) is 5.78. The minimum atomic E-state index is -0.411. The van der Waals surface area contributed by atoms with Crippen LogP contribution in [0.2, 0.25) is 0 Å². The predicted octanol–water partition coefficient (Wildman–Crippen LogP) is 1.00. The number of nitrogens with two attached hydrogens (primary N) is 1. The minimum Gasteiger partial charge on any atom is -0.370 e. The van der Waals surface area contributed by atoms with Crippen molar-refractivity contribution in [2.24, 2.45) is 5.73 Å². The van der Waals surface area contributed by atoms with Gasteiger partial charge in [0.2, 0.25) is 11.8 Å². The molecule has 2 aromatic heterocycles. The van der Waals surface area contributed by atoms with Crippen LogP contribution in [-0.4, -0.2) is 38.9 Å². The van der Waals surface area contributed by atoms with Crippen molar-refractivity contribution in [2.75, 3.05) is 12.3 Å². The number of hydrogen-bond acceptors (Lipinski definition) is 7. The molecule has 0 atom stereocenters. The highest BCUT2D eigenvalue weighted by molar-refractivity contribution is 7.99. The second-order valence-corrected chi connectivity index (χ2v) is 6.59. The second kappa shape index (κ2) is 9.05. The Balaban J connectivity index is 2.07. The molecule has 0 saturated heterocycles. The molecule has 10 heteroatoms. The van der Waals surface area contributed by atoms with Crippen molar-refractivity contribution in [1.82, 2.24) is 20.1 Å². The van der Waals surface area contributed by atoms with Gasteiger partial charge < -0.3 is 15.6 Å². The van der Waals surface area contributed by atoms with Gasteiger partial charge in [-0.15, -0.1) is 21.5 Å². The van der Waals surface area contributed by atoms with Gasteiger partial charge in [-0.3, -0.25) is 9.59 Å². The summed E-state index contributed by atoms with van der Waals surface area (Å²) in [5.74, 6) is 0.215. The fourth-order valence-corrected chi connectivity index (χ4v) is 3.36. The maximum absolute atomic E-state index is 11.7. The SMILES string of the molecule is N#CCCNC(=O)CSc1nnc(-c2cccs2)n1CCC(N)=O. The van der Waals surface area contributed by atoms with Gasteiger partial charge in [-0.1, -0.05) is 17.8 Å². The number of carbonyl (C=O) groups is 2. The van der Waals surface area contributed by atoms with Crippen LogP contribution in [0.25, 0.3) is 10.7 Å². The lowest BCUT2D eigenvalue weighted by Gasteiger charge is -2.08. The molecule has 0 spiro atoms. The molecule has 126 valence electrons. The molecule has 0 bridgehead atoms. The Labute approximate surface area is 147 Å². The van der Waals surface area contributed by atoms with Crippen molar-refractivity contribution in [1.29, 1.82) is 5.26 Å². The smallest absolute Gasteiger partial charge is 0.230 e. The second-order valence-electron chi connectivity index (χ2n) is 4.70. The molecule has 0 aromatic carbocycles. The van der Waals surface area contributed by atoms with Crippen molar-refractivity contribution in [3.05, 3.63) is 17.5 Å². The molecule has 24 heavy (non-hydrogen) atoms. The zero-order valence-corrected chi connectivity index (χ0v) is 14.4. The highest BCUT2D eigenvalue weighted by atomic mass is 32.2. The monoisotopic (exact) mass is 364 g/mol. The van der Waals surface area contributed by atoms with Crippen LogP contribution in [0.5, 0.6) is 0 Å². The van der Waals surface area contributed by atoms with Gasteiger partial charge in [0.05, 0.1) is 23.1 Å². The zero-order valence-electron chi connectivity index (χ0n) is 12.8. The third-order valence-electron chi connectivity index (χ3n) is 2.93. The van der Waals surface area contributed by atoms with Crippen molar-refractivity contribution in [2.45, 2.75) is 24.5 Å². The fourth-order valence-electron chi connectivity index (χ4n) is 1.85. The lowest BCUT2D eigenvalue weighted by Crippen LogP contribution is -2.26. The first-order valence-electron chi connectivity index (χ1n) is 7.13. The molecule has 2 heterocycles. The maximum atomic E-state index is 11.7. The predicted molar refractivity (Wildman–Crippen MR) is 91.1 cm³/mol. The average Bonchev–Trinajstić information content (AvgIpc) is 3.20. The molecule has 0 saturated carbocycles. The van der Waals surface area contributed by atoms with Crippen LogP contribution in [0.3, 0.4) is 0 Å². The Hall–Kier alpha value is -2.38. The molecule has 0 aliphatic carbocycles. The van der Waals surface area contributed by atoms with E-state index in [1.165, 1.54) is 23.1 Å². The van der Waals surface area contributed by atoms with Crippen LogP contribution in [0.4, 0.5) is 0 Å². The molecule has 2 aromatic rings. The van der Waals surface area contributed by atoms with E-state index < -0.39 is 5.91 Å². The van der Waals surface area contributed by atoms with Gasteiger partial charge in [0.15, 0.2) is 11.0 Å². The number of rotatable bonds is 9. The molecule has 0 radical (unpaired) electrons. The Morgan fingerprint density at radius 2 is 2.29 bits per heavy atom. The van der Waals surface area contributed by atoms with Gasteiger partial charge >= 0.3 is 0 Å². The number of thiophene rings is 1. The molecule has 2 rings (SSSR count). The summed E-state index contributed by atoms with van der Waals surface area (Å²) < 4.78 is 1.80. The molecule has 0 aliphatic heterocycles. The molecule has 2 amide bonds. The molecule has 3 N–H and O–H groups in total. The molecule has 0 fully saturated rings. The normalized spacial score (nSPS) is 10.3. The number of thioether (sulfide) groups is 1. The number of amides is 2. The number of nitriles is 1. The Morgan fingerprint density at radius 1 is 1.46 bits per heavy atom. The van der Waals surface area contributed by atoms with E-state index in [1.807, 2.05) is 23.6 Å². The van der Waals surface area contributed by atoms with Crippen LogP contribution >= 0.6 is 23.1 Å². The van der Waals surface area contributed by atoms with E-state index in [9.17, 15) is 9.59 Å². The molecular weight excluding hydrogens is 348 g/mol. The number of nitrogens with zero attached hydrogens (tertiary/aromatic N) is 4. The summed E-state index contributed by atoms with van der Waals surface area (Å²) >= 11 is 2.75. The Morgan fingerprint density at radius 3 is 2.96 bits per heavy atom. The van der Waals surface area contributed by atoms with Crippen LogP contribution in [-0.2, 0) is 16.1 Å². The fraction of sp³-hybridized carbons (Fsp3) is 0.357. The summed E-state index contributed by atoms with van der Waals surface area (Å²) in [7, 11) is 0. The number of primary amides is 1. The van der Waals surface area contributed by atoms with Crippen molar-refractivity contribution >= 4 is 34.9 Å². The summed E-state index contributed by atoms with van der Waals surface area (Å²) in [6.45, 7) is 0.679. The number of nitrogens with one attached hydrogen (secondary N) is 1. The summed E-state index contributed by atoms with van der Waals surface area (Å²) in [5.41, 5.74) is 5.23. The topological polar surface area (TPSA) is 127 Å². The van der Waals surface area contributed by atoms with Gasteiger partial charge in [-0.25, -0.2) is 0 Å². The van der Waals surface area contributed by atoms with Gasteiger partial charge in [-0.05, 0) is 11.4 Å². The van der Waals surface area contributed by atoms with E-state index >= 15 is 0 Å². The summed E-state index contributed by atoms with van der Waals surface area (Å²) in [6.07, 6.45) is 0.437. The molecule has 0 aliphatic rings. The number of hydrogen-bond donors (Lipinski definition) is 2. The van der Waals surface area contributed by atoms with Gasteiger partial charge in [0, 0.05) is 19.5 Å². The highest BCUT2D eigenvalue weighted by Crippen LogP contribution is 2.27. The first-order valence-corrected chi connectivity index (χ1v) is 9.00. The lowest BCUT2D eigenvalue weighted by molar-refractivity contribution is -0.119. The van der Waals surface area contributed by atoms with Crippen molar-refractivity contribution in [3.8, 4) is 16.8 Å². The molecule has 0 unspecified atom stereocenters. The average molecular weight is 364 g/mol. The number of aromatic nitrogens is 3. The van der Waals surface area contributed by atoms with E-state index in [0.717, 1.165) is 4.88 Å². The standard InChI is InChI=1S/C14H16N6O2S2/c15-5-2-6-17-12(22)9-24-14-19-18-13(10-3-1-8-23-10)20(14)7-4-11(16)21/h1,3,8H,2,4,6-7,9H2,(H2,16,21)(H,17,22). The van der Waals surface area contributed by atoms with Gasteiger partial charge in [-0.2, -0.15) is 5.26 Å². The molecule has 8 nitrogen and oxygen atoms in total. The Bertz CT molecular complexity index is 735. The van der Waals surface area contributed by atoms with E-state index in [2.05, 4.69) is 15.5 Å². The van der Waals surface area contributed by atoms with Crippen LogP contribution in [0.1, 0.15) is 12.8 Å². The van der Waals surface area contributed by atoms with Crippen LogP contribution in [0, 0.1) is 11.3 Å². The van der Waals surface area contributed by atoms with E-state index in [4.69, 9.17) is 11.0 Å². The van der Waals surface area contributed by atoms with E-state index in [-0.39, 0.29) is 24.5 Å². The van der Waals surface area contributed by atoms with Crippen LogP contribution in [0.15, 0.2) is 22.7 Å². The third-order valence-corrected chi connectivity index (χ3v) is 4.76. The molecular formula is C14H16N6O2S2. The largest absolute Gasteiger partial charge is 0.370 e. The van der Waals surface area contributed by atoms with E-state index in [0.29, 0.717) is 24.1 Å². The van der Waals surface area contributed by atoms with Crippen molar-refractivity contribution in [3.63, 3.8) is 0 Å². The van der Waals surface area contributed by atoms with Gasteiger partial charge in [0.25, 0.3) is 0 Å². The number of carbonyl (C=O) groups excluding carboxylic acids is 2. The maximum Gasteiger partial charge on any atom is 0.230 e. The quantitative estimate of drug-likeness (QED) is 0.505. The first kappa shape index (κ1) is 18.0. The first-order chi connectivity index (χ1) is 11.6. The van der Waals surface area contributed by atoms with Crippen molar-refractivity contribution < 1.29 is 9.59 Å². The van der Waals surface area contributed by atoms with Gasteiger partial charge in [0.1, 0.15) is 0 Å².